The molecular weight excluding hydrogens is 464 g/mol. The van der Waals surface area contributed by atoms with Crippen LogP contribution in [0.2, 0.25) is 25.7 Å². The lowest BCUT2D eigenvalue weighted by Crippen LogP contribution is -2.22. The van der Waals surface area contributed by atoms with E-state index in [2.05, 4.69) is 69.5 Å². The molecule has 0 aliphatic heterocycles. The summed E-state index contributed by atoms with van der Waals surface area (Å²) >= 11 is 1.57. The van der Waals surface area contributed by atoms with Crippen LogP contribution in [0.25, 0.3) is 21.6 Å². The molecule has 2 N–H and O–H groups in total. The standard InChI is InChI=1S/C23H30N8OSSi/c1-15(2)22-30-31-23(33-22)17-12-19-20(29-21(17)25-14-32-10-11-34(3,4)5)18(7-8-24-19)28-16-6-9-26-27-13-16/h6-9,12-13,15H,10-11,14H2,1-5H3,(H,25,29)(H,24,26,28). The number of pyridine rings is 2. The minimum absolute atomic E-state index is 0.309. The first-order chi connectivity index (χ1) is 16.3. The van der Waals surface area contributed by atoms with Gasteiger partial charge in [0.25, 0.3) is 0 Å². The highest BCUT2D eigenvalue weighted by Crippen LogP contribution is 2.35. The van der Waals surface area contributed by atoms with Crippen LogP contribution in [0.5, 0.6) is 0 Å². The first-order valence-corrected chi connectivity index (χ1v) is 15.8. The van der Waals surface area contributed by atoms with E-state index in [9.17, 15) is 0 Å². The van der Waals surface area contributed by atoms with Crippen molar-refractivity contribution in [2.45, 2.75) is 45.5 Å². The number of ether oxygens (including phenoxy) is 1. The number of nitrogens with zero attached hydrogens (tertiary/aromatic N) is 6. The highest BCUT2D eigenvalue weighted by atomic mass is 32.1. The number of hydrogen-bond acceptors (Lipinski definition) is 10. The fourth-order valence-corrected chi connectivity index (χ4v) is 4.76. The Morgan fingerprint density at radius 1 is 1.09 bits per heavy atom. The maximum Gasteiger partial charge on any atom is 0.151 e. The molecule has 0 radical (unpaired) electrons. The number of fused-ring (bicyclic) bond motifs is 1. The zero-order chi connectivity index (χ0) is 24.1. The third kappa shape index (κ3) is 6.10. The molecular formula is C23H30N8OSSi. The Hall–Kier alpha value is -3.02. The van der Waals surface area contributed by atoms with Crippen LogP contribution in [-0.2, 0) is 4.74 Å². The van der Waals surface area contributed by atoms with Gasteiger partial charge in [0.1, 0.15) is 23.1 Å². The van der Waals surface area contributed by atoms with Crippen molar-refractivity contribution in [1.82, 2.24) is 30.4 Å². The molecule has 4 heterocycles. The molecule has 4 aromatic rings. The second kappa shape index (κ2) is 10.5. The minimum Gasteiger partial charge on any atom is -0.362 e. The van der Waals surface area contributed by atoms with Crippen LogP contribution in [-0.4, -0.2) is 51.8 Å². The average molecular weight is 495 g/mol. The monoisotopic (exact) mass is 494 g/mol. The normalized spacial score (nSPS) is 11.8. The molecule has 34 heavy (non-hydrogen) atoms. The summed E-state index contributed by atoms with van der Waals surface area (Å²) in [4.78, 5) is 9.50. The summed E-state index contributed by atoms with van der Waals surface area (Å²) in [5.41, 5.74) is 4.01. The van der Waals surface area contributed by atoms with E-state index >= 15 is 0 Å². The van der Waals surface area contributed by atoms with Gasteiger partial charge in [-0.05, 0) is 24.2 Å². The number of hydrogen-bond donors (Lipinski definition) is 2. The van der Waals surface area contributed by atoms with Gasteiger partial charge in [-0.25, -0.2) is 4.98 Å². The van der Waals surface area contributed by atoms with Crippen LogP contribution in [0.15, 0.2) is 36.8 Å². The zero-order valence-electron chi connectivity index (χ0n) is 20.2. The smallest absolute Gasteiger partial charge is 0.151 e. The second-order valence-electron chi connectivity index (χ2n) is 9.51. The number of aromatic nitrogens is 6. The van der Waals surface area contributed by atoms with Gasteiger partial charge in [-0.1, -0.05) is 44.8 Å². The third-order valence-electron chi connectivity index (χ3n) is 5.08. The van der Waals surface area contributed by atoms with Gasteiger partial charge >= 0.3 is 0 Å². The molecule has 0 fully saturated rings. The summed E-state index contributed by atoms with van der Waals surface area (Å²) in [5.74, 6) is 1.000. The van der Waals surface area contributed by atoms with E-state index < -0.39 is 8.07 Å². The average Bonchev–Trinajstić information content (AvgIpc) is 3.29. The summed E-state index contributed by atoms with van der Waals surface area (Å²) in [5, 5.41) is 25.1. The summed E-state index contributed by atoms with van der Waals surface area (Å²) in [6.45, 7) is 12.3. The second-order valence-corrected chi connectivity index (χ2v) is 16.1. The SMILES string of the molecule is CC(C)c1nnc(-c2cc3nccc(Nc4ccnnc4)c3nc2NCOCC[Si](C)(C)C)s1. The Balaban J connectivity index is 1.67. The number of rotatable bonds is 10. The largest absolute Gasteiger partial charge is 0.362 e. The van der Waals surface area contributed by atoms with Gasteiger partial charge in [-0.2, -0.15) is 10.2 Å². The molecule has 0 aromatic carbocycles. The molecule has 0 amide bonds. The lowest BCUT2D eigenvalue weighted by molar-refractivity contribution is 0.165. The van der Waals surface area contributed by atoms with Crippen LogP contribution in [0, 0.1) is 0 Å². The highest BCUT2D eigenvalue weighted by Gasteiger charge is 2.18. The first-order valence-electron chi connectivity index (χ1n) is 11.3. The van der Waals surface area contributed by atoms with E-state index in [0.717, 1.165) is 50.6 Å². The molecule has 178 valence electrons. The Bertz CT molecular complexity index is 1240. The minimum atomic E-state index is -1.15. The topological polar surface area (TPSA) is 111 Å². The van der Waals surface area contributed by atoms with Crippen molar-refractivity contribution in [3.05, 3.63) is 41.8 Å². The van der Waals surface area contributed by atoms with Crippen molar-refractivity contribution >= 4 is 47.6 Å². The fourth-order valence-electron chi connectivity index (χ4n) is 3.14. The summed E-state index contributed by atoms with van der Waals surface area (Å²) < 4.78 is 5.89. The van der Waals surface area contributed by atoms with Crippen LogP contribution in [0.4, 0.5) is 17.2 Å². The van der Waals surface area contributed by atoms with Gasteiger partial charge in [0.15, 0.2) is 5.01 Å². The number of nitrogens with one attached hydrogen (secondary N) is 2. The molecule has 4 aromatic heterocycles. The third-order valence-corrected chi connectivity index (χ3v) is 8.04. The van der Waals surface area contributed by atoms with Crippen molar-refractivity contribution in [3.63, 3.8) is 0 Å². The fraction of sp³-hybridized carbons (Fsp3) is 0.391. The van der Waals surface area contributed by atoms with Gasteiger partial charge in [0.2, 0.25) is 0 Å². The molecule has 0 aliphatic carbocycles. The van der Waals surface area contributed by atoms with Crippen molar-refractivity contribution in [1.29, 1.82) is 0 Å². The van der Waals surface area contributed by atoms with Crippen molar-refractivity contribution in [2.24, 2.45) is 0 Å². The van der Waals surface area contributed by atoms with Crippen LogP contribution >= 0.6 is 11.3 Å². The highest BCUT2D eigenvalue weighted by molar-refractivity contribution is 7.14. The van der Waals surface area contributed by atoms with Gasteiger partial charge < -0.3 is 15.4 Å². The molecule has 0 atom stereocenters. The summed E-state index contributed by atoms with van der Waals surface area (Å²) in [6.07, 6.45) is 5.07. The molecule has 0 bridgehead atoms. The van der Waals surface area contributed by atoms with Crippen molar-refractivity contribution in [3.8, 4) is 10.6 Å². The van der Waals surface area contributed by atoms with E-state index in [1.165, 1.54) is 0 Å². The lowest BCUT2D eigenvalue weighted by atomic mass is 10.2. The van der Waals surface area contributed by atoms with E-state index in [-0.39, 0.29) is 0 Å². The predicted octanol–water partition coefficient (Wildman–Crippen LogP) is 5.53. The molecule has 0 saturated heterocycles. The molecule has 0 spiro atoms. The predicted molar refractivity (Wildman–Crippen MR) is 140 cm³/mol. The van der Waals surface area contributed by atoms with Crippen molar-refractivity contribution in [2.75, 3.05) is 24.0 Å². The zero-order valence-corrected chi connectivity index (χ0v) is 22.0. The summed E-state index contributed by atoms with van der Waals surface area (Å²) in [6, 6.07) is 6.87. The van der Waals surface area contributed by atoms with E-state index in [0.29, 0.717) is 18.5 Å². The summed E-state index contributed by atoms with van der Waals surface area (Å²) in [7, 11) is -1.15. The number of anilines is 3. The van der Waals surface area contributed by atoms with E-state index in [1.807, 2.05) is 18.2 Å². The Labute approximate surface area is 204 Å². The molecule has 4 rings (SSSR count). The Morgan fingerprint density at radius 2 is 1.94 bits per heavy atom. The van der Waals surface area contributed by atoms with E-state index in [4.69, 9.17) is 9.72 Å². The van der Waals surface area contributed by atoms with Crippen LogP contribution in [0.3, 0.4) is 0 Å². The van der Waals surface area contributed by atoms with Gasteiger partial charge in [0.05, 0.1) is 34.8 Å². The van der Waals surface area contributed by atoms with Crippen LogP contribution < -0.4 is 10.6 Å². The Kier molecular flexibility index (Phi) is 7.44. The van der Waals surface area contributed by atoms with Gasteiger partial charge in [-0.3, -0.25) is 4.98 Å². The lowest BCUT2D eigenvalue weighted by Gasteiger charge is -2.16. The molecule has 11 heteroatoms. The van der Waals surface area contributed by atoms with Crippen LogP contribution in [0.1, 0.15) is 24.8 Å². The quantitative estimate of drug-likeness (QED) is 0.167. The maximum atomic E-state index is 5.89. The Morgan fingerprint density at radius 3 is 2.65 bits per heavy atom. The molecule has 0 unspecified atom stereocenters. The maximum absolute atomic E-state index is 5.89. The van der Waals surface area contributed by atoms with Gasteiger partial charge in [-0.15, -0.1) is 10.2 Å². The first kappa shape index (κ1) is 24.1. The molecule has 9 nitrogen and oxygen atoms in total. The van der Waals surface area contributed by atoms with Gasteiger partial charge in [0, 0.05) is 26.8 Å². The van der Waals surface area contributed by atoms with Crippen molar-refractivity contribution < 1.29 is 4.74 Å². The molecule has 0 saturated carbocycles. The van der Waals surface area contributed by atoms with E-state index in [1.54, 1.807) is 29.9 Å². The molecule has 0 aliphatic rings.